The monoisotopic (exact) mass is 296 g/mol. The van der Waals surface area contributed by atoms with E-state index in [1.807, 2.05) is 0 Å². The molecule has 0 amide bonds. The molecule has 1 rings (SSSR count). The maximum atomic E-state index is 12.6. The van der Waals surface area contributed by atoms with Gasteiger partial charge in [-0.1, -0.05) is 12.8 Å². The van der Waals surface area contributed by atoms with E-state index in [9.17, 15) is 22.8 Å². The molecule has 1 N–H and O–H groups in total. The number of carboxylic acid groups (broad SMARTS) is 1. The fraction of sp³-hybridized carbons (Fsp3) is 0.846. The summed E-state index contributed by atoms with van der Waals surface area (Å²) >= 11 is 0. The van der Waals surface area contributed by atoms with E-state index in [0.717, 1.165) is 26.7 Å². The summed E-state index contributed by atoms with van der Waals surface area (Å²) in [5.74, 6) is -3.40. The third kappa shape index (κ3) is 4.11. The average molecular weight is 296 g/mol. The second-order valence-corrected chi connectivity index (χ2v) is 5.68. The van der Waals surface area contributed by atoms with Gasteiger partial charge in [-0.2, -0.15) is 13.2 Å². The summed E-state index contributed by atoms with van der Waals surface area (Å²) in [6.07, 6.45) is -2.05. The van der Waals surface area contributed by atoms with E-state index in [2.05, 4.69) is 4.74 Å². The van der Waals surface area contributed by atoms with Crippen molar-refractivity contribution >= 4 is 11.9 Å². The van der Waals surface area contributed by atoms with Crippen LogP contribution in [-0.4, -0.2) is 28.8 Å². The molecule has 0 bridgehead atoms. The Morgan fingerprint density at radius 3 is 2.15 bits per heavy atom. The van der Waals surface area contributed by atoms with Crippen molar-refractivity contribution in [1.82, 2.24) is 0 Å². The highest BCUT2D eigenvalue weighted by atomic mass is 19.4. The Morgan fingerprint density at radius 1 is 1.25 bits per heavy atom. The number of carboxylic acids is 1. The summed E-state index contributed by atoms with van der Waals surface area (Å²) in [6, 6.07) is 0. The number of rotatable bonds is 5. The number of aliphatic carboxylic acids is 1. The van der Waals surface area contributed by atoms with Crippen molar-refractivity contribution < 1.29 is 32.6 Å². The van der Waals surface area contributed by atoms with E-state index in [0.29, 0.717) is 12.8 Å². The van der Waals surface area contributed by atoms with Gasteiger partial charge in [-0.25, -0.2) is 0 Å². The Kier molecular flexibility index (Phi) is 5.05. The Balaban J connectivity index is 2.65. The summed E-state index contributed by atoms with van der Waals surface area (Å²) in [4.78, 5) is 22.7. The van der Waals surface area contributed by atoms with Crippen LogP contribution in [0.4, 0.5) is 13.2 Å². The fourth-order valence-electron chi connectivity index (χ4n) is 2.38. The third-order valence-corrected chi connectivity index (χ3v) is 3.72. The summed E-state index contributed by atoms with van der Waals surface area (Å²) in [5, 5.41) is 9.11. The topological polar surface area (TPSA) is 63.6 Å². The van der Waals surface area contributed by atoms with Gasteiger partial charge < -0.3 is 9.84 Å². The average Bonchev–Trinajstić information content (AvgIpc) is 2.76. The van der Waals surface area contributed by atoms with Gasteiger partial charge in [0, 0.05) is 0 Å². The lowest BCUT2D eigenvalue weighted by atomic mass is 9.88. The first-order valence-electron chi connectivity index (χ1n) is 6.56. The molecule has 0 radical (unpaired) electrons. The van der Waals surface area contributed by atoms with Gasteiger partial charge in [-0.05, 0) is 32.6 Å². The number of hydrogen-bond donors (Lipinski definition) is 1. The molecular formula is C13H19F3O4. The van der Waals surface area contributed by atoms with E-state index in [4.69, 9.17) is 5.11 Å². The van der Waals surface area contributed by atoms with Crippen LogP contribution in [0.2, 0.25) is 0 Å². The number of esters is 1. The van der Waals surface area contributed by atoms with Gasteiger partial charge in [0.25, 0.3) is 0 Å². The number of ether oxygens (including phenoxy) is 1. The van der Waals surface area contributed by atoms with Crippen LogP contribution in [-0.2, 0) is 14.3 Å². The first-order valence-corrected chi connectivity index (χ1v) is 6.56. The van der Waals surface area contributed by atoms with Crippen molar-refractivity contribution in [2.24, 2.45) is 11.8 Å². The van der Waals surface area contributed by atoms with Crippen LogP contribution >= 0.6 is 0 Å². The summed E-state index contributed by atoms with van der Waals surface area (Å²) in [7, 11) is 0. The SMILES string of the molecule is CC(C)(OC(=O)C[C@H](C(=O)O)C1CCCC1)C(F)(F)F. The molecule has 0 unspecified atom stereocenters. The van der Waals surface area contributed by atoms with Gasteiger partial charge in [-0.3, -0.25) is 9.59 Å². The van der Waals surface area contributed by atoms with Gasteiger partial charge in [0.2, 0.25) is 5.60 Å². The van der Waals surface area contributed by atoms with Crippen LogP contribution in [0, 0.1) is 11.8 Å². The zero-order valence-corrected chi connectivity index (χ0v) is 11.5. The smallest absolute Gasteiger partial charge is 0.427 e. The van der Waals surface area contributed by atoms with Crippen LogP contribution in [0.15, 0.2) is 0 Å². The quantitative estimate of drug-likeness (QED) is 0.792. The minimum atomic E-state index is -4.69. The Hall–Kier alpha value is -1.27. The van der Waals surface area contributed by atoms with Gasteiger partial charge in [-0.15, -0.1) is 0 Å². The van der Waals surface area contributed by atoms with Crippen LogP contribution in [0.3, 0.4) is 0 Å². The molecule has 0 aliphatic heterocycles. The molecule has 1 saturated carbocycles. The van der Waals surface area contributed by atoms with Crippen molar-refractivity contribution in [2.45, 2.75) is 57.7 Å². The Morgan fingerprint density at radius 2 is 1.75 bits per heavy atom. The highest BCUT2D eigenvalue weighted by molar-refractivity contribution is 5.79. The molecule has 116 valence electrons. The van der Waals surface area contributed by atoms with Crippen LogP contribution < -0.4 is 0 Å². The molecule has 1 aliphatic carbocycles. The summed E-state index contributed by atoms with van der Waals surface area (Å²) < 4.78 is 42.2. The Bertz CT molecular complexity index is 370. The zero-order valence-electron chi connectivity index (χ0n) is 11.5. The van der Waals surface area contributed by atoms with E-state index < -0.39 is 36.1 Å². The molecule has 1 aliphatic rings. The van der Waals surface area contributed by atoms with E-state index in [1.165, 1.54) is 0 Å². The number of carbonyl (C=O) groups is 2. The lowest BCUT2D eigenvalue weighted by Crippen LogP contribution is -2.44. The van der Waals surface area contributed by atoms with Gasteiger partial charge in [0.05, 0.1) is 12.3 Å². The van der Waals surface area contributed by atoms with Gasteiger partial charge >= 0.3 is 18.1 Å². The Labute approximate surface area is 115 Å². The van der Waals surface area contributed by atoms with Crippen molar-refractivity contribution in [1.29, 1.82) is 0 Å². The largest absolute Gasteiger partial charge is 0.481 e. The molecule has 0 aromatic carbocycles. The molecule has 4 nitrogen and oxygen atoms in total. The van der Waals surface area contributed by atoms with Gasteiger partial charge in [0.15, 0.2) is 0 Å². The van der Waals surface area contributed by atoms with Crippen LogP contribution in [0.1, 0.15) is 46.0 Å². The fourth-order valence-corrected chi connectivity index (χ4v) is 2.38. The van der Waals surface area contributed by atoms with E-state index >= 15 is 0 Å². The highest BCUT2D eigenvalue weighted by Crippen LogP contribution is 2.36. The second kappa shape index (κ2) is 6.01. The maximum Gasteiger partial charge on any atom is 0.427 e. The number of alkyl halides is 3. The molecule has 0 heterocycles. The van der Waals surface area contributed by atoms with Crippen molar-refractivity contribution in [2.75, 3.05) is 0 Å². The lowest BCUT2D eigenvalue weighted by molar-refractivity contribution is -0.257. The van der Waals surface area contributed by atoms with Crippen LogP contribution in [0.25, 0.3) is 0 Å². The molecule has 1 atom stereocenters. The lowest BCUT2D eigenvalue weighted by Gasteiger charge is -2.28. The molecule has 0 saturated heterocycles. The highest BCUT2D eigenvalue weighted by Gasteiger charge is 2.51. The predicted octanol–water partition coefficient (Wildman–Crippen LogP) is 3.15. The second-order valence-electron chi connectivity index (χ2n) is 5.68. The minimum Gasteiger partial charge on any atom is -0.481 e. The molecule has 0 aromatic heterocycles. The van der Waals surface area contributed by atoms with E-state index in [-0.39, 0.29) is 5.92 Å². The minimum absolute atomic E-state index is 0.158. The molecular weight excluding hydrogens is 277 g/mol. The first-order chi connectivity index (χ1) is 9.04. The molecule has 20 heavy (non-hydrogen) atoms. The third-order valence-electron chi connectivity index (χ3n) is 3.72. The molecule has 0 aromatic rings. The first kappa shape index (κ1) is 16.8. The van der Waals surface area contributed by atoms with Gasteiger partial charge in [0.1, 0.15) is 0 Å². The molecule has 1 fully saturated rings. The zero-order chi connectivity index (χ0) is 15.6. The van der Waals surface area contributed by atoms with Crippen LogP contribution in [0.5, 0.6) is 0 Å². The molecule has 7 heteroatoms. The molecule has 0 spiro atoms. The summed E-state index contributed by atoms with van der Waals surface area (Å²) in [6.45, 7) is 1.49. The number of hydrogen-bond acceptors (Lipinski definition) is 3. The maximum absolute atomic E-state index is 12.6. The predicted molar refractivity (Wildman–Crippen MR) is 63.9 cm³/mol. The van der Waals surface area contributed by atoms with Crippen molar-refractivity contribution in [3.63, 3.8) is 0 Å². The number of carbonyl (C=O) groups excluding carboxylic acids is 1. The van der Waals surface area contributed by atoms with E-state index in [1.54, 1.807) is 0 Å². The number of halogens is 3. The van der Waals surface area contributed by atoms with Crippen molar-refractivity contribution in [3.8, 4) is 0 Å². The normalized spacial score (nSPS) is 18.9. The standard InChI is InChI=1S/C13H19F3O4/c1-12(2,13(14,15)16)20-10(17)7-9(11(18)19)8-5-3-4-6-8/h8-9H,3-7H2,1-2H3,(H,18,19)/t9-/m0/s1. The summed E-state index contributed by atoms with van der Waals surface area (Å²) in [5.41, 5.74) is -2.61. The van der Waals surface area contributed by atoms with Crippen molar-refractivity contribution in [3.05, 3.63) is 0 Å².